The molecule has 5 atom stereocenters. The zero-order valence-corrected chi connectivity index (χ0v) is 17.2. The van der Waals surface area contributed by atoms with Crippen LogP contribution in [0.4, 0.5) is 4.39 Å². The fourth-order valence-corrected chi connectivity index (χ4v) is 7.29. The third-order valence-corrected chi connectivity index (χ3v) is 8.81. The molecule has 0 amide bonds. The van der Waals surface area contributed by atoms with Crippen LogP contribution >= 0.6 is 0 Å². The van der Waals surface area contributed by atoms with Gasteiger partial charge in [0, 0.05) is 18.2 Å². The molecule has 1 aromatic heterocycles. The van der Waals surface area contributed by atoms with Crippen molar-refractivity contribution in [2.75, 3.05) is 0 Å². The number of halogens is 1. The topological polar surface area (TPSA) is 30.0 Å². The van der Waals surface area contributed by atoms with Gasteiger partial charge in [-0.05, 0) is 97.3 Å². The molecule has 0 radical (unpaired) electrons. The van der Waals surface area contributed by atoms with E-state index < -0.39 is 0 Å². The maximum atomic E-state index is 14.6. The van der Waals surface area contributed by atoms with E-state index in [1.54, 1.807) is 6.20 Å². The molecule has 2 nitrogen and oxygen atoms in total. The lowest BCUT2D eigenvalue weighted by atomic mass is 9.46. The van der Waals surface area contributed by atoms with Crippen molar-refractivity contribution in [3.63, 3.8) is 0 Å². The molecule has 148 valence electrons. The van der Waals surface area contributed by atoms with Crippen LogP contribution in [0.2, 0.25) is 0 Å². The Balaban J connectivity index is 1.49. The van der Waals surface area contributed by atoms with Gasteiger partial charge >= 0.3 is 0 Å². The molecule has 4 aliphatic rings. The Morgan fingerprint density at radius 2 is 1.93 bits per heavy atom. The summed E-state index contributed by atoms with van der Waals surface area (Å²) < 4.78 is 14.6. The second-order valence-corrected chi connectivity index (χ2v) is 10.1. The van der Waals surface area contributed by atoms with Crippen molar-refractivity contribution in [2.24, 2.45) is 28.6 Å². The van der Waals surface area contributed by atoms with Gasteiger partial charge in [-0.15, -0.1) is 0 Å². The number of fused-ring (bicyclic) bond motifs is 5. The molecule has 5 rings (SSSR count). The van der Waals surface area contributed by atoms with Crippen molar-refractivity contribution in [1.29, 1.82) is 0 Å². The molecule has 3 heteroatoms. The molecule has 0 aliphatic heterocycles. The van der Waals surface area contributed by atoms with Crippen LogP contribution in [-0.4, -0.2) is 10.8 Å². The van der Waals surface area contributed by atoms with Crippen LogP contribution in [0.1, 0.15) is 69.9 Å². The summed E-state index contributed by atoms with van der Waals surface area (Å²) in [5, 5.41) is 0. The van der Waals surface area contributed by atoms with E-state index in [-0.39, 0.29) is 16.8 Å². The highest BCUT2D eigenvalue weighted by Gasteiger charge is 2.57. The van der Waals surface area contributed by atoms with Crippen LogP contribution in [-0.2, 0) is 4.79 Å². The van der Waals surface area contributed by atoms with Crippen LogP contribution in [0.15, 0.2) is 30.0 Å². The molecule has 5 unspecified atom stereocenters. The van der Waals surface area contributed by atoms with Gasteiger partial charge in [-0.3, -0.25) is 4.79 Å². The predicted octanol–water partition coefficient (Wildman–Crippen LogP) is 6.05. The molecule has 0 bridgehead atoms. The summed E-state index contributed by atoms with van der Waals surface area (Å²) in [5.41, 5.74) is 4.57. The van der Waals surface area contributed by atoms with Crippen molar-refractivity contribution in [2.45, 2.75) is 65.7 Å². The Morgan fingerprint density at radius 1 is 1.11 bits per heavy atom. The highest BCUT2D eigenvalue weighted by Crippen LogP contribution is 2.66. The summed E-state index contributed by atoms with van der Waals surface area (Å²) in [6.45, 7) is 6.77. The molecule has 1 heterocycles. The number of aryl methyl sites for hydroxylation is 1. The van der Waals surface area contributed by atoms with Crippen molar-refractivity contribution >= 4 is 11.4 Å². The van der Waals surface area contributed by atoms with Gasteiger partial charge in [-0.25, -0.2) is 4.98 Å². The van der Waals surface area contributed by atoms with E-state index in [4.69, 9.17) is 0 Å². The Hall–Kier alpha value is -1.77. The molecule has 0 spiro atoms. The summed E-state index contributed by atoms with van der Waals surface area (Å²) >= 11 is 0. The number of nitrogens with zero attached hydrogens (tertiary/aromatic N) is 1. The molecule has 0 saturated heterocycles. The summed E-state index contributed by atoms with van der Waals surface area (Å²) in [6.07, 6.45) is 13.2. The highest BCUT2D eigenvalue weighted by molar-refractivity contribution is 5.91. The predicted molar refractivity (Wildman–Crippen MR) is 109 cm³/mol. The van der Waals surface area contributed by atoms with Crippen LogP contribution in [0.25, 0.3) is 5.57 Å². The minimum Gasteiger partial charge on any atom is -0.295 e. The first-order valence-electron chi connectivity index (χ1n) is 10.9. The lowest BCUT2D eigenvalue weighted by Crippen LogP contribution is -2.49. The number of carbonyl (C=O) groups excluding carboxylic acids is 1. The minimum atomic E-state index is -0.326. The lowest BCUT2D eigenvalue weighted by Gasteiger charge is -2.57. The summed E-state index contributed by atoms with van der Waals surface area (Å²) in [7, 11) is 0. The van der Waals surface area contributed by atoms with Gasteiger partial charge in [0.15, 0.2) is 5.78 Å². The molecule has 2 fully saturated rings. The Morgan fingerprint density at radius 3 is 2.75 bits per heavy atom. The van der Waals surface area contributed by atoms with Gasteiger partial charge in [0.1, 0.15) is 0 Å². The van der Waals surface area contributed by atoms with Crippen LogP contribution in [0, 0.1) is 41.5 Å². The number of aromatic nitrogens is 1. The Labute approximate surface area is 167 Å². The first kappa shape index (κ1) is 18.3. The number of carbonyl (C=O) groups is 1. The summed E-state index contributed by atoms with van der Waals surface area (Å²) in [4.78, 5) is 16.0. The van der Waals surface area contributed by atoms with Crippen molar-refractivity contribution in [3.8, 4) is 0 Å². The fraction of sp³-hybridized carbons (Fsp3) is 0.600. The second-order valence-electron chi connectivity index (χ2n) is 10.1. The average Bonchev–Trinajstić information content (AvgIpc) is 3.01. The molecule has 0 N–H and O–H groups in total. The molecule has 2 saturated carbocycles. The quantitative estimate of drug-likeness (QED) is 0.556. The first-order valence-corrected chi connectivity index (χ1v) is 10.9. The van der Waals surface area contributed by atoms with Gasteiger partial charge in [0.05, 0.1) is 0 Å². The zero-order chi connectivity index (χ0) is 19.7. The fourth-order valence-electron chi connectivity index (χ4n) is 7.29. The van der Waals surface area contributed by atoms with Gasteiger partial charge in [0.25, 0.3) is 0 Å². The number of pyridine rings is 1. The van der Waals surface area contributed by atoms with E-state index in [1.165, 1.54) is 24.0 Å². The van der Waals surface area contributed by atoms with E-state index in [2.05, 4.69) is 24.9 Å². The maximum absolute atomic E-state index is 14.6. The number of hydrogen-bond acceptors (Lipinski definition) is 2. The molecule has 4 aliphatic carbocycles. The number of ketones is 1. The maximum Gasteiger partial charge on any atom is 0.220 e. The second kappa shape index (κ2) is 6.11. The Bertz CT molecular complexity index is 915. The molecular weight excluding hydrogens is 349 g/mol. The minimum absolute atomic E-state index is 0.0412. The largest absolute Gasteiger partial charge is 0.295 e. The van der Waals surface area contributed by atoms with E-state index >= 15 is 0 Å². The van der Waals surface area contributed by atoms with Gasteiger partial charge in [-0.2, -0.15) is 4.39 Å². The van der Waals surface area contributed by atoms with E-state index in [9.17, 15) is 9.18 Å². The number of allylic oxidation sites excluding steroid dienone is 4. The molecular formula is C25H30FNO. The van der Waals surface area contributed by atoms with Crippen molar-refractivity contribution < 1.29 is 9.18 Å². The van der Waals surface area contributed by atoms with E-state index in [1.807, 2.05) is 19.1 Å². The summed E-state index contributed by atoms with van der Waals surface area (Å²) in [5.74, 6) is 1.90. The third kappa shape index (κ3) is 2.44. The first-order chi connectivity index (χ1) is 13.3. The number of hydrogen-bond donors (Lipinski definition) is 0. The summed E-state index contributed by atoms with van der Waals surface area (Å²) in [6, 6.07) is 1.98. The van der Waals surface area contributed by atoms with Gasteiger partial charge in [-0.1, -0.05) is 25.5 Å². The monoisotopic (exact) mass is 379 g/mol. The van der Waals surface area contributed by atoms with E-state index in [0.717, 1.165) is 31.2 Å². The van der Waals surface area contributed by atoms with Crippen molar-refractivity contribution in [3.05, 3.63) is 47.1 Å². The normalized spacial score (nSPS) is 39.6. The SMILES string of the molecule is Cc1cnc(F)c(C2=CCC3C4CCC5=CC(=O)CCC5(C)C4CCC23C)c1. The van der Waals surface area contributed by atoms with Gasteiger partial charge < -0.3 is 0 Å². The van der Waals surface area contributed by atoms with Crippen LogP contribution in [0.5, 0.6) is 0 Å². The molecule has 0 aromatic carbocycles. The van der Waals surface area contributed by atoms with Crippen molar-refractivity contribution in [1.82, 2.24) is 4.98 Å². The highest BCUT2D eigenvalue weighted by atomic mass is 19.1. The average molecular weight is 380 g/mol. The standard InChI is InChI=1S/C25H30FNO/c1-15-12-19(23(26)27-14-15)21-7-6-20-18-5-4-16-13-17(28)8-10-24(16,2)22(18)9-11-25(20,21)3/h7,12-14,18,20,22H,4-6,8-11H2,1-3H3. The molecule has 1 aromatic rings. The third-order valence-electron chi connectivity index (χ3n) is 8.81. The van der Waals surface area contributed by atoms with Crippen LogP contribution < -0.4 is 0 Å². The Kier molecular flexibility index (Phi) is 3.99. The van der Waals surface area contributed by atoms with Crippen LogP contribution in [0.3, 0.4) is 0 Å². The van der Waals surface area contributed by atoms with E-state index in [0.29, 0.717) is 35.5 Å². The molecule has 28 heavy (non-hydrogen) atoms. The van der Waals surface area contributed by atoms with Gasteiger partial charge in [0.2, 0.25) is 5.95 Å². The number of rotatable bonds is 1. The smallest absolute Gasteiger partial charge is 0.220 e. The lowest BCUT2D eigenvalue weighted by molar-refractivity contribution is -0.117. The zero-order valence-electron chi connectivity index (χ0n) is 17.2.